The summed E-state index contributed by atoms with van der Waals surface area (Å²) in [7, 11) is 0. The van der Waals surface area contributed by atoms with Gasteiger partial charge in [0.2, 0.25) is 5.91 Å². The molecule has 0 saturated carbocycles. The molecule has 0 aliphatic carbocycles. The smallest absolute Gasteiger partial charge is 0.265 e. The van der Waals surface area contributed by atoms with E-state index in [0.717, 1.165) is 12.1 Å². The lowest BCUT2D eigenvalue weighted by Crippen LogP contribution is -2.54. The van der Waals surface area contributed by atoms with E-state index in [-0.39, 0.29) is 18.4 Å². The molecule has 0 N–H and O–H groups in total. The molecule has 2 amide bonds. The second kappa shape index (κ2) is 9.67. The zero-order valence-corrected chi connectivity index (χ0v) is 18.7. The molecule has 0 unspecified atom stereocenters. The molecule has 3 heterocycles. The molecule has 7 nitrogen and oxygen atoms in total. The summed E-state index contributed by atoms with van der Waals surface area (Å²) in [5.41, 5.74) is 3.36. The average molecular weight is 448 g/mol. The Hall–Kier alpha value is -3.32. The highest BCUT2D eigenvalue weighted by molar-refractivity contribution is 5.87. The Morgan fingerprint density at radius 1 is 0.909 bits per heavy atom. The van der Waals surface area contributed by atoms with Gasteiger partial charge in [0.05, 0.1) is 32.0 Å². The minimum atomic E-state index is -0.628. The highest BCUT2D eigenvalue weighted by Crippen LogP contribution is 2.33. The van der Waals surface area contributed by atoms with E-state index in [0.29, 0.717) is 51.7 Å². The van der Waals surface area contributed by atoms with Crippen LogP contribution in [0.15, 0.2) is 60.7 Å². The van der Waals surface area contributed by atoms with Crippen molar-refractivity contribution in [1.82, 2.24) is 9.80 Å². The van der Waals surface area contributed by atoms with Crippen molar-refractivity contribution in [2.45, 2.75) is 12.5 Å². The third kappa shape index (κ3) is 4.73. The van der Waals surface area contributed by atoms with Crippen molar-refractivity contribution >= 4 is 23.1 Å². The van der Waals surface area contributed by atoms with Crippen LogP contribution in [0.1, 0.15) is 12.0 Å². The maximum absolute atomic E-state index is 13.2. The summed E-state index contributed by atoms with van der Waals surface area (Å²) >= 11 is 0. The number of carbonyl (C=O) groups is 2. The van der Waals surface area contributed by atoms with E-state index >= 15 is 0 Å². The number of amides is 2. The molecular formula is C26H29N3O4. The van der Waals surface area contributed by atoms with Crippen LogP contribution in [-0.4, -0.2) is 80.2 Å². The first-order chi connectivity index (χ1) is 16.2. The van der Waals surface area contributed by atoms with E-state index in [1.807, 2.05) is 52.3 Å². The van der Waals surface area contributed by atoms with E-state index < -0.39 is 6.10 Å². The van der Waals surface area contributed by atoms with Crippen molar-refractivity contribution in [3.63, 3.8) is 0 Å². The molecule has 0 spiro atoms. The first-order valence-electron chi connectivity index (χ1n) is 11.6. The van der Waals surface area contributed by atoms with Gasteiger partial charge in [-0.3, -0.25) is 9.59 Å². The van der Waals surface area contributed by atoms with Gasteiger partial charge in [0.25, 0.3) is 5.91 Å². The van der Waals surface area contributed by atoms with Gasteiger partial charge in [-0.05, 0) is 29.7 Å². The van der Waals surface area contributed by atoms with Crippen LogP contribution in [0.2, 0.25) is 0 Å². The second-order valence-electron chi connectivity index (χ2n) is 8.58. The van der Waals surface area contributed by atoms with E-state index in [1.165, 1.54) is 11.1 Å². The first-order valence-corrected chi connectivity index (χ1v) is 11.6. The van der Waals surface area contributed by atoms with Crippen LogP contribution >= 0.6 is 0 Å². The van der Waals surface area contributed by atoms with Gasteiger partial charge in [0.15, 0.2) is 6.10 Å². The number of carbonyl (C=O) groups excluding carboxylic acids is 2. The fraction of sp³-hybridized carbons (Fsp3) is 0.385. The molecule has 5 rings (SSSR count). The van der Waals surface area contributed by atoms with Gasteiger partial charge in [-0.15, -0.1) is 0 Å². The standard InChI is InChI=1S/C26H29N3O4/c30-25(27-12-10-21(11-13-27)20-6-2-1-3-7-20)19-29-18-24(26(31)28-14-16-32-17-15-28)33-23-9-5-4-8-22(23)29/h1-10,24H,11-19H2/t24-/m1/s1. The third-order valence-corrected chi connectivity index (χ3v) is 6.49. The molecule has 1 saturated heterocycles. The van der Waals surface area contributed by atoms with Gasteiger partial charge in [0, 0.05) is 26.2 Å². The molecule has 0 bridgehead atoms. The lowest BCUT2D eigenvalue weighted by atomic mass is 9.99. The van der Waals surface area contributed by atoms with Gasteiger partial charge >= 0.3 is 0 Å². The molecule has 7 heteroatoms. The quantitative estimate of drug-likeness (QED) is 0.721. The molecule has 1 atom stereocenters. The molecule has 3 aliphatic rings. The predicted octanol–water partition coefficient (Wildman–Crippen LogP) is 2.43. The van der Waals surface area contributed by atoms with Crippen LogP contribution in [-0.2, 0) is 14.3 Å². The Morgan fingerprint density at radius 2 is 1.67 bits per heavy atom. The van der Waals surface area contributed by atoms with Crippen LogP contribution in [0, 0.1) is 0 Å². The van der Waals surface area contributed by atoms with Gasteiger partial charge in [-0.2, -0.15) is 0 Å². The van der Waals surface area contributed by atoms with E-state index in [4.69, 9.17) is 9.47 Å². The zero-order valence-electron chi connectivity index (χ0n) is 18.7. The van der Waals surface area contributed by atoms with Crippen molar-refractivity contribution in [1.29, 1.82) is 0 Å². The van der Waals surface area contributed by atoms with Crippen molar-refractivity contribution < 1.29 is 19.1 Å². The second-order valence-corrected chi connectivity index (χ2v) is 8.58. The summed E-state index contributed by atoms with van der Waals surface area (Å²) in [6.07, 6.45) is 2.36. The molecule has 33 heavy (non-hydrogen) atoms. The Balaban J connectivity index is 1.27. The topological polar surface area (TPSA) is 62.3 Å². The van der Waals surface area contributed by atoms with E-state index in [1.54, 1.807) is 4.90 Å². The normalized spacial score (nSPS) is 20.5. The van der Waals surface area contributed by atoms with Gasteiger partial charge in [-0.1, -0.05) is 48.5 Å². The predicted molar refractivity (Wildman–Crippen MR) is 126 cm³/mol. The van der Waals surface area contributed by atoms with E-state index in [9.17, 15) is 9.59 Å². The van der Waals surface area contributed by atoms with Crippen molar-refractivity contribution in [2.75, 3.05) is 57.4 Å². The number of morpholine rings is 1. The summed E-state index contributed by atoms with van der Waals surface area (Å²) in [4.78, 5) is 32.0. The monoisotopic (exact) mass is 447 g/mol. The Kier molecular flexibility index (Phi) is 6.30. The lowest BCUT2D eigenvalue weighted by molar-refractivity contribution is -0.143. The van der Waals surface area contributed by atoms with Crippen LogP contribution in [0.3, 0.4) is 0 Å². The molecule has 3 aliphatic heterocycles. The number of nitrogens with zero attached hydrogens (tertiary/aromatic N) is 3. The molecule has 0 aromatic heterocycles. The van der Waals surface area contributed by atoms with E-state index in [2.05, 4.69) is 18.2 Å². The minimum Gasteiger partial charge on any atom is -0.477 e. The van der Waals surface area contributed by atoms with Crippen LogP contribution < -0.4 is 9.64 Å². The average Bonchev–Trinajstić information content (AvgIpc) is 2.89. The van der Waals surface area contributed by atoms with Crippen LogP contribution in [0.4, 0.5) is 5.69 Å². The Labute approximate surface area is 194 Å². The third-order valence-electron chi connectivity index (χ3n) is 6.49. The Morgan fingerprint density at radius 3 is 2.42 bits per heavy atom. The molecule has 2 aromatic rings. The lowest BCUT2D eigenvalue weighted by Gasteiger charge is -2.39. The fourth-order valence-corrected chi connectivity index (χ4v) is 4.65. The van der Waals surface area contributed by atoms with Gasteiger partial charge < -0.3 is 24.2 Å². The summed E-state index contributed by atoms with van der Waals surface area (Å²) in [6.45, 7) is 4.12. The SMILES string of the molecule is O=C(CN1C[C@H](C(=O)N2CCOCC2)Oc2ccccc21)N1CC=C(c2ccccc2)CC1. The number of hydrogen-bond donors (Lipinski definition) is 0. The molecule has 1 fully saturated rings. The van der Waals surface area contributed by atoms with Crippen LogP contribution in [0.25, 0.3) is 5.57 Å². The number of rotatable bonds is 4. The summed E-state index contributed by atoms with van der Waals surface area (Å²) in [5, 5.41) is 0. The highest BCUT2D eigenvalue weighted by Gasteiger charge is 2.35. The molecular weight excluding hydrogens is 418 g/mol. The first kappa shape index (κ1) is 21.5. The minimum absolute atomic E-state index is 0.0429. The Bertz CT molecular complexity index is 1030. The number of ether oxygens (including phenoxy) is 2. The molecule has 0 radical (unpaired) electrons. The van der Waals surface area contributed by atoms with Crippen LogP contribution in [0.5, 0.6) is 5.75 Å². The van der Waals surface area contributed by atoms with Crippen molar-refractivity contribution in [3.8, 4) is 5.75 Å². The summed E-state index contributed by atoms with van der Waals surface area (Å²) in [6, 6.07) is 17.9. The number of para-hydroxylation sites is 2. The number of fused-ring (bicyclic) bond motifs is 1. The van der Waals surface area contributed by atoms with Gasteiger partial charge in [0.1, 0.15) is 5.75 Å². The summed E-state index contributed by atoms with van der Waals surface area (Å²) < 4.78 is 11.4. The molecule has 2 aromatic carbocycles. The number of benzene rings is 2. The number of anilines is 1. The van der Waals surface area contributed by atoms with Crippen molar-refractivity contribution in [3.05, 3.63) is 66.2 Å². The maximum atomic E-state index is 13.2. The highest BCUT2D eigenvalue weighted by atomic mass is 16.5. The fourth-order valence-electron chi connectivity index (χ4n) is 4.65. The maximum Gasteiger partial charge on any atom is 0.265 e. The van der Waals surface area contributed by atoms with Gasteiger partial charge in [-0.25, -0.2) is 0 Å². The largest absolute Gasteiger partial charge is 0.477 e. The summed E-state index contributed by atoms with van der Waals surface area (Å²) in [5.74, 6) is 0.666. The zero-order chi connectivity index (χ0) is 22.6. The van der Waals surface area contributed by atoms with Crippen molar-refractivity contribution in [2.24, 2.45) is 0 Å². The molecule has 172 valence electrons. The number of hydrogen-bond acceptors (Lipinski definition) is 5.